The predicted molar refractivity (Wildman–Crippen MR) is 245 cm³/mol. The van der Waals surface area contributed by atoms with E-state index in [2.05, 4.69) is 53.3 Å². The van der Waals surface area contributed by atoms with E-state index in [0.29, 0.717) is 55.1 Å². The Labute approximate surface area is 371 Å². The molecule has 0 radical (unpaired) electrons. The summed E-state index contributed by atoms with van der Waals surface area (Å²) in [4.78, 5) is 40.1. The summed E-state index contributed by atoms with van der Waals surface area (Å²) in [5, 5.41) is 10.00. The summed E-state index contributed by atoms with van der Waals surface area (Å²) < 4.78 is 41.0. The highest BCUT2D eigenvalue weighted by Gasteiger charge is 2.29. The number of amides is 1. The van der Waals surface area contributed by atoms with Gasteiger partial charge in [0.2, 0.25) is 0 Å². The highest BCUT2D eigenvalue weighted by atomic mass is 32.1. The lowest BCUT2D eigenvalue weighted by atomic mass is 10.0. The lowest BCUT2D eigenvalue weighted by Crippen LogP contribution is -2.34. The predicted octanol–water partition coefficient (Wildman–Crippen LogP) is 9.43. The van der Waals surface area contributed by atoms with Gasteiger partial charge in [0.1, 0.15) is 12.3 Å². The molecular weight excluding hydrogens is 846 g/mol. The number of anilines is 2. The fourth-order valence-corrected chi connectivity index (χ4v) is 9.37. The van der Waals surface area contributed by atoms with Crippen molar-refractivity contribution in [2.45, 2.75) is 98.3 Å². The van der Waals surface area contributed by atoms with Crippen molar-refractivity contribution in [3.8, 4) is 17.6 Å². The summed E-state index contributed by atoms with van der Waals surface area (Å²) >= 11 is 3.01. The zero-order chi connectivity index (χ0) is 44.6. The summed E-state index contributed by atoms with van der Waals surface area (Å²) in [6.45, 7) is 18.5. The number of hydrogen-bond donors (Lipinski definition) is 0. The van der Waals surface area contributed by atoms with Crippen LogP contribution >= 0.6 is 22.7 Å². The molecule has 1 aliphatic heterocycles. The second kappa shape index (κ2) is 20.4. The van der Waals surface area contributed by atoms with E-state index in [1.54, 1.807) is 52.1 Å². The molecule has 0 spiro atoms. The largest absolute Gasteiger partial charge is 0.491 e. The number of benzene rings is 2. The van der Waals surface area contributed by atoms with E-state index in [4.69, 9.17) is 34.0 Å². The van der Waals surface area contributed by atoms with Gasteiger partial charge in [0.15, 0.2) is 38.8 Å². The molecule has 5 aromatic rings. The molecule has 0 unspecified atom stereocenters. The number of para-hydroxylation sites is 1. The van der Waals surface area contributed by atoms with Gasteiger partial charge in [-0.05, 0) is 96.7 Å². The number of nitrogens with zero attached hydrogens (tertiary/aromatic N) is 7. The number of carbonyl (C=O) groups excluding carboxylic acids is 2. The van der Waals surface area contributed by atoms with Crippen molar-refractivity contribution in [2.75, 3.05) is 44.9 Å². The first-order valence-electron chi connectivity index (χ1n) is 20.9. The van der Waals surface area contributed by atoms with Crippen molar-refractivity contribution in [3.63, 3.8) is 0 Å². The molecule has 3 aromatic heterocycles. The molecule has 13 nitrogen and oxygen atoms in total. The zero-order valence-electron chi connectivity index (χ0n) is 37.1. The van der Waals surface area contributed by atoms with Crippen molar-refractivity contribution < 1.29 is 32.9 Å². The summed E-state index contributed by atoms with van der Waals surface area (Å²) in [5.74, 6) is 6.06. The molecule has 6 rings (SSSR count). The third kappa shape index (κ3) is 12.1. The first-order chi connectivity index (χ1) is 29.5. The molecule has 0 aliphatic carbocycles. The maximum atomic E-state index is 15.0. The number of halogens is 1. The number of hydrogen-bond acceptors (Lipinski definition) is 13. The molecule has 62 heavy (non-hydrogen) atoms. The Hall–Kier alpha value is -5.15. The quantitative estimate of drug-likeness (QED) is 0.0433. The van der Waals surface area contributed by atoms with E-state index < -0.39 is 31.6 Å². The number of rotatable bonds is 15. The van der Waals surface area contributed by atoms with Crippen LogP contribution in [0.4, 0.5) is 26.0 Å². The van der Waals surface area contributed by atoms with Gasteiger partial charge in [0, 0.05) is 49.8 Å². The van der Waals surface area contributed by atoms with Crippen LogP contribution in [0.3, 0.4) is 0 Å². The molecule has 2 aromatic carbocycles. The lowest BCUT2D eigenvalue weighted by molar-refractivity contribution is 0.0320. The molecule has 0 atom stereocenters. The summed E-state index contributed by atoms with van der Waals surface area (Å²) in [6, 6.07) is 13.8. The highest BCUT2D eigenvalue weighted by molar-refractivity contribution is 7.16. The van der Waals surface area contributed by atoms with E-state index in [9.17, 15) is 9.59 Å². The van der Waals surface area contributed by atoms with Crippen LogP contribution in [-0.4, -0.2) is 90.3 Å². The molecule has 330 valence electrons. The smallest absolute Gasteiger partial charge is 0.410 e. The third-order valence-corrected chi connectivity index (χ3v) is 13.6. The standard InChI is InChI=1S/C45H56FN7O6S2Si/c1-10-57-41(54)38-37(20-15-25-58-35-22-21-31(28-33(35)46)16-13-23-51(6)44(55)59-45(3,4)5)61-42(47-38)52-24-14-17-32-30(2)39(49-50-40(32)52)48-43-53(29-56-26-27-62(7,8)9)34-18-11-12-19-36(34)60-43/h11-12,18-19,21-22,28H,10,14-15,17,20,23-27,29H2,1-9H3. The molecule has 1 amide bonds. The summed E-state index contributed by atoms with van der Waals surface area (Å²) in [5.41, 5.74) is 3.14. The maximum absolute atomic E-state index is 15.0. The van der Waals surface area contributed by atoms with Crippen molar-refractivity contribution >= 4 is 69.8 Å². The SMILES string of the molecule is CCOC(=O)c1nc(N2CCCc3c2nnc(N=c2sc4ccccc4n2COCC[Si](C)(C)C)c3C)sc1CCCOc1ccc(C#CCN(C)C(=O)OC(C)(C)C)cc1F. The topological polar surface area (TPSA) is 134 Å². The van der Waals surface area contributed by atoms with Gasteiger partial charge in [0.05, 0.1) is 30.0 Å². The van der Waals surface area contributed by atoms with E-state index in [1.807, 2.05) is 24.0 Å². The Bertz CT molecular complexity index is 2530. The van der Waals surface area contributed by atoms with E-state index in [-0.39, 0.29) is 31.2 Å². The van der Waals surface area contributed by atoms with Crippen molar-refractivity contribution in [1.82, 2.24) is 24.6 Å². The van der Waals surface area contributed by atoms with E-state index in [0.717, 1.165) is 49.9 Å². The molecule has 1 aliphatic rings. The number of carbonyl (C=O) groups is 2. The van der Waals surface area contributed by atoms with Gasteiger partial charge < -0.3 is 28.7 Å². The number of fused-ring (bicyclic) bond motifs is 2. The van der Waals surface area contributed by atoms with Crippen molar-refractivity contribution in [3.05, 3.63) is 80.3 Å². The monoisotopic (exact) mass is 901 g/mol. The fourth-order valence-electron chi connectivity index (χ4n) is 6.48. The normalized spacial score (nSPS) is 13.1. The summed E-state index contributed by atoms with van der Waals surface area (Å²) in [6.07, 6.45) is 2.12. The average molecular weight is 902 g/mol. The van der Waals surface area contributed by atoms with Gasteiger partial charge in [-0.3, -0.25) is 4.57 Å². The second-order valence-electron chi connectivity index (χ2n) is 17.2. The minimum absolute atomic E-state index is 0.0926. The van der Waals surface area contributed by atoms with Crippen LogP contribution in [0.15, 0.2) is 47.5 Å². The Morgan fingerprint density at radius 1 is 1.08 bits per heavy atom. The van der Waals surface area contributed by atoms with Crippen LogP contribution in [0.25, 0.3) is 10.2 Å². The van der Waals surface area contributed by atoms with Crippen LogP contribution < -0.4 is 14.4 Å². The van der Waals surface area contributed by atoms with Crippen LogP contribution in [0.2, 0.25) is 25.7 Å². The first kappa shape index (κ1) is 46.4. The van der Waals surface area contributed by atoms with Crippen LogP contribution in [0, 0.1) is 24.6 Å². The molecule has 17 heteroatoms. The molecule has 0 bridgehead atoms. The van der Waals surface area contributed by atoms with E-state index in [1.165, 1.54) is 28.4 Å². The highest BCUT2D eigenvalue weighted by Crippen LogP contribution is 2.39. The second-order valence-corrected chi connectivity index (χ2v) is 24.9. The Morgan fingerprint density at radius 2 is 1.87 bits per heavy atom. The Kier molecular flexibility index (Phi) is 15.2. The minimum atomic E-state index is -1.24. The third-order valence-electron chi connectivity index (χ3n) is 9.75. The molecule has 0 fully saturated rings. The number of ether oxygens (including phenoxy) is 4. The average Bonchev–Trinajstić information content (AvgIpc) is 3.80. The fraction of sp³-hybridized carbons (Fsp3) is 0.467. The molecule has 0 saturated heterocycles. The zero-order valence-corrected chi connectivity index (χ0v) is 39.7. The van der Waals surface area contributed by atoms with Crippen LogP contribution in [0.1, 0.15) is 72.6 Å². The number of aromatic nitrogens is 4. The Morgan fingerprint density at radius 3 is 2.61 bits per heavy atom. The van der Waals surface area contributed by atoms with Crippen molar-refractivity contribution in [1.29, 1.82) is 0 Å². The number of esters is 1. The van der Waals surface area contributed by atoms with Gasteiger partial charge in [-0.15, -0.1) is 21.5 Å². The number of aryl methyl sites for hydroxylation is 1. The van der Waals surface area contributed by atoms with Gasteiger partial charge in [0.25, 0.3) is 0 Å². The molecule has 0 N–H and O–H groups in total. The van der Waals surface area contributed by atoms with Gasteiger partial charge >= 0.3 is 12.1 Å². The number of thiazole rings is 2. The first-order valence-corrected chi connectivity index (χ1v) is 26.2. The van der Waals surface area contributed by atoms with Crippen molar-refractivity contribution in [2.24, 2.45) is 4.99 Å². The van der Waals surface area contributed by atoms with Gasteiger partial charge in [-0.2, -0.15) is 4.99 Å². The van der Waals surface area contributed by atoms with Gasteiger partial charge in [-0.25, -0.2) is 19.0 Å². The molecule has 4 heterocycles. The van der Waals surface area contributed by atoms with E-state index >= 15 is 4.39 Å². The maximum Gasteiger partial charge on any atom is 0.410 e. The van der Waals surface area contributed by atoms with Crippen LogP contribution in [-0.2, 0) is 33.8 Å². The lowest BCUT2D eigenvalue weighted by Gasteiger charge is -2.28. The minimum Gasteiger partial charge on any atom is -0.491 e. The summed E-state index contributed by atoms with van der Waals surface area (Å²) in [7, 11) is 0.353. The molecular formula is C45H56FN7O6S2Si. The Balaban J connectivity index is 1.15. The molecule has 0 saturated carbocycles. The van der Waals surface area contributed by atoms with Crippen LogP contribution in [0.5, 0.6) is 5.75 Å². The van der Waals surface area contributed by atoms with Gasteiger partial charge in [-0.1, -0.05) is 55.0 Å².